The van der Waals surface area contributed by atoms with Crippen LogP contribution in [0, 0.1) is 0 Å². The number of carbonyl (C=O) groups is 2. The summed E-state index contributed by atoms with van der Waals surface area (Å²) in [5.74, 6) is -0.916. The maximum atomic E-state index is 12.1. The molecular weight excluding hydrogens is 290 g/mol. The van der Waals surface area contributed by atoms with Crippen molar-refractivity contribution in [3.8, 4) is 0 Å². The fourth-order valence-electron chi connectivity index (χ4n) is 1.83. The number of amides is 1. The van der Waals surface area contributed by atoms with Crippen LogP contribution in [0.5, 0.6) is 0 Å². The van der Waals surface area contributed by atoms with Crippen LogP contribution in [-0.2, 0) is 13.6 Å². The van der Waals surface area contributed by atoms with Crippen LogP contribution in [0.1, 0.15) is 50.5 Å². The molecule has 0 saturated heterocycles. The summed E-state index contributed by atoms with van der Waals surface area (Å²) in [4.78, 5) is 24.0. The van der Waals surface area contributed by atoms with Gasteiger partial charge in [0.15, 0.2) is 0 Å². The summed E-state index contributed by atoms with van der Waals surface area (Å²) >= 11 is 1.16. The van der Waals surface area contributed by atoms with E-state index in [1.54, 1.807) is 23.9 Å². The number of carboxylic acids is 1. The lowest BCUT2D eigenvalue weighted by atomic mass is 10.1. The second kappa shape index (κ2) is 6.09. The van der Waals surface area contributed by atoms with E-state index in [-0.39, 0.29) is 16.7 Å². The Labute approximate surface area is 126 Å². The van der Waals surface area contributed by atoms with Crippen LogP contribution in [-0.4, -0.2) is 26.8 Å². The predicted octanol–water partition coefficient (Wildman–Crippen LogP) is 2.23. The molecule has 6 nitrogen and oxygen atoms in total. The fraction of sp³-hybridized carbons (Fsp3) is 0.357. The molecule has 2 N–H and O–H groups in total. The van der Waals surface area contributed by atoms with E-state index in [0.717, 1.165) is 21.9 Å². The Bertz CT molecular complexity index is 673. The Morgan fingerprint density at radius 2 is 2.14 bits per heavy atom. The standard InChI is InChI=1S/C14H17N3O3S/c1-8(2)10-6-11(17(3)16-10)13(18)15-7-9-4-5-12(21-9)14(19)20/h4-6,8H,7H2,1-3H3,(H,15,18)(H,19,20). The van der Waals surface area contributed by atoms with E-state index in [9.17, 15) is 9.59 Å². The molecule has 21 heavy (non-hydrogen) atoms. The average molecular weight is 307 g/mol. The molecule has 0 aliphatic carbocycles. The van der Waals surface area contributed by atoms with E-state index in [4.69, 9.17) is 5.11 Å². The van der Waals surface area contributed by atoms with Crippen molar-refractivity contribution >= 4 is 23.2 Å². The number of hydrogen-bond donors (Lipinski definition) is 2. The third-order valence-electron chi connectivity index (χ3n) is 3.02. The first-order valence-corrected chi connectivity index (χ1v) is 7.34. The summed E-state index contributed by atoms with van der Waals surface area (Å²) in [5, 5.41) is 15.9. The van der Waals surface area contributed by atoms with E-state index >= 15 is 0 Å². The number of carboxylic acid groups (broad SMARTS) is 1. The number of aromatic nitrogens is 2. The van der Waals surface area contributed by atoms with Crippen LogP contribution in [0.25, 0.3) is 0 Å². The fourth-order valence-corrected chi connectivity index (χ4v) is 2.62. The first-order chi connectivity index (χ1) is 9.88. The van der Waals surface area contributed by atoms with Gasteiger partial charge in [-0.25, -0.2) is 4.79 Å². The van der Waals surface area contributed by atoms with Crippen LogP contribution in [0.15, 0.2) is 18.2 Å². The zero-order chi connectivity index (χ0) is 15.6. The van der Waals surface area contributed by atoms with Gasteiger partial charge in [-0.3, -0.25) is 9.48 Å². The van der Waals surface area contributed by atoms with Crippen LogP contribution >= 0.6 is 11.3 Å². The normalized spacial score (nSPS) is 10.9. The molecule has 0 radical (unpaired) electrons. The molecule has 2 aromatic rings. The highest BCUT2D eigenvalue weighted by atomic mass is 32.1. The number of hydrogen-bond acceptors (Lipinski definition) is 4. The lowest BCUT2D eigenvalue weighted by Gasteiger charge is -2.03. The Kier molecular flexibility index (Phi) is 4.42. The molecule has 7 heteroatoms. The van der Waals surface area contributed by atoms with Gasteiger partial charge >= 0.3 is 5.97 Å². The van der Waals surface area contributed by atoms with Crippen molar-refractivity contribution in [3.63, 3.8) is 0 Å². The van der Waals surface area contributed by atoms with Gasteiger partial charge in [0, 0.05) is 11.9 Å². The minimum absolute atomic E-state index is 0.220. The maximum Gasteiger partial charge on any atom is 0.345 e. The number of aromatic carboxylic acids is 1. The van der Waals surface area contributed by atoms with Crippen LogP contribution in [0.3, 0.4) is 0 Å². The number of nitrogens with zero attached hydrogens (tertiary/aromatic N) is 2. The largest absolute Gasteiger partial charge is 0.477 e. The molecule has 0 spiro atoms. The van der Waals surface area contributed by atoms with Gasteiger partial charge < -0.3 is 10.4 Å². The van der Waals surface area contributed by atoms with Crippen molar-refractivity contribution in [2.24, 2.45) is 7.05 Å². The molecule has 0 aliphatic heterocycles. The van der Waals surface area contributed by atoms with Gasteiger partial charge in [-0.1, -0.05) is 13.8 Å². The predicted molar refractivity (Wildman–Crippen MR) is 79.7 cm³/mol. The SMILES string of the molecule is CC(C)c1cc(C(=O)NCc2ccc(C(=O)O)s2)n(C)n1. The Morgan fingerprint density at radius 1 is 1.43 bits per heavy atom. The molecular formula is C14H17N3O3S. The Morgan fingerprint density at radius 3 is 2.67 bits per heavy atom. The van der Waals surface area contributed by atoms with Crippen LogP contribution in [0.2, 0.25) is 0 Å². The van der Waals surface area contributed by atoms with Crippen molar-refractivity contribution < 1.29 is 14.7 Å². The molecule has 0 aromatic carbocycles. The lowest BCUT2D eigenvalue weighted by molar-refractivity contribution is 0.0702. The summed E-state index contributed by atoms with van der Waals surface area (Å²) < 4.78 is 1.56. The van der Waals surface area contributed by atoms with E-state index in [0.29, 0.717) is 12.2 Å². The zero-order valence-corrected chi connectivity index (χ0v) is 12.9. The number of carbonyl (C=O) groups excluding carboxylic acids is 1. The number of aryl methyl sites for hydroxylation is 1. The van der Waals surface area contributed by atoms with Crippen molar-refractivity contribution in [1.29, 1.82) is 0 Å². The third kappa shape index (κ3) is 3.49. The van der Waals surface area contributed by atoms with Gasteiger partial charge in [0.1, 0.15) is 10.6 Å². The molecule has 0 unspecified atom stereocenters. The van der Waals surface area contributed by atoms with Gasteiger partial charge in [0.05, 0.1) is 12.2 Å². The summed E-state index contributed by atoms with van der Waals surface area (Å²) in [5.41, 5.74) is 1.36. The monoisotopic (exact) mass is 307 g/mol. The lowest BCUT2D eigenvalue weighted by Crippen LogP contribution is -2.24. The second-order valence-electron chi connectivity index (χ2n) is 4.99. The molecule has 0 aliphatic rings. The Hall–Kier alpha value is -2.15. The molecule has 0 fully saturated rings. The quantitative estimate of drug-likeness (QED) is 0.887. The molecule has 2 rings (SSSR count). The minimum atomic E-state index is -0.953. The van der Waals surface area contributed by atoms with Gasteiger partial charge in [-0.2, -0.15) is 5.10 Å². The summed E-state index contributed by atoms with van der Waals surface area (Å²) in [6, 6.07) is 5.02. The van der Waals surface area contributed by atoms with Gasteiger partial charge in [0.25, 0.3) is 5.91 Å². The van der Waals surface area contributed by atoms with Crippen molar-refractivity contribution in [3.05, 3.63) is 39.3 Å². The molecule has 0 atom stereocenters. The topological polar surface area (TPSA) is 84.2 Å². The van der Waals surface area contributed by atoms with Gasteiger partial charge in [-0.15, -0.1) is 11.3 Å². The van der Waals surface area contributed by atoms with E-state index < -0.39 is 5.97 Å². The molecule has 112 valence electrons. The number of rotatable bonds is 5. The number of nitrogens with one attached hydrogen (secondary N) is 1. The van der Waals surface area contributed by atoms with Crippen molar-refractivity contribution in [2.45, 2.75) is 26.3 Å². The highest BCUT2D eigenvalue weighted by Gasteiger charge is 2.15. The third-order valence-corrected chi connectivity index (χ3v) is 4.09. The highest BCUT2D eigenvalue weighted by Crippen LogP contribution is 2.17. The van der Waals surface area contributed by atoms with E-state index in [1.807, 2.05) is 13.8 Å². The second-order valence-corrected chi connectivity index (χ2v) is 6.15. The van der Waals surface area contributed by atoms with Crippen molar-refractivity contribution in [1.82, 2.24) is 15.1 Å². The van der Waals surface area contributed by atoms with Gasteiger partial charge in [0.2, 0.25) is 0 Å². The molecule has 0 bridgehead atoms. The Balaban J connectivity index is 2.02. The van der Waals surface area contributed by atoms with Crippen LogP contribution < -0.4 is 5.32 Å². The average Bonchev–Trinajstić information content (AvgIpc) is 3.02. The molecule has 2 heterocycles. The zero-order valence-electron chi connectivity index (χ0n) is 12.1. The van der Waals surface area contributed by atoms with Crippen LogP contribution in [0.4, 0.5) is 0 Å². The van der Waals surface area contributed by atoms with Crippen molar-refractivity contribution in [2.75, 3.05) is 0 Å². The first-order valence-electron chi connectivity index (χ1n) is 6.52. The maximum absolute atomic E-state index is 12.1. The summed E-state index contributed by atoms with van der Waals surface area (Å²) in [6.07, 6.45) is 0. The minimum Gasteiger partial charge on any atom is -0.477 e. The summed E-state index contributed by atoms with van der Waals surface area (Å²) in [7, 11) is 1.73. The van der Waals surface area contributed by atoms with Gasteiger partial charge in [-0.05, 0) is 24.1 Å². The molecule has 0 saturated carbocycles. The highest BCUT2D eigenvalue weighted by molar-refractivity contribution is 7.13. The molecule has 2 aromatic heterocycles. The number of thiophene rings is 1. The summed E-state index contributed by atoms with van der Waals surface area (Å²) in [6.45, 7) is 4.34. The van der Waals surface area contributed by atoms with E-state index in [1.165, 1.54) is 6.07 Å². The smallest absolute Gasteiger partial charge is 0.345 e. The molecule has 1 amide bonds. The first kappa shape index (κ1) is 15.2. The van der Waals surface area contributed by atoms with E-state index in [2.05, 4.69) is 10.4 Å².